The molecule has 0 fully saturated rings. The second kappa shape index (κ2) is 5.31. The molecular weight excluding hydrogens is 148 g/mol. The van der Waals surface area contributed by atoms with Gasteiger partial charge in [0.25, 0.3) is 0 Å². The summed E-state index contributed by atoms with van der Waals surface area (Å²) in [6.07, 6.45) is 5.11. The number of hydrogen-bond acceptors (Lipinski definition) is 2. The van der Waals surface area contributed by atoms with Gasteiger partial charge in [0.1, 0.15) is 0 Å². The molecule has 0 saturated heterocycles. The van der Waals surface area contributed by atoms with E-state index in [9.17, 15) is 0 Å². The largest absolute Gasteiger partial charge is 0.325 e. The molecule has 0 aromatic heterocycles. The van der Waals surface area contributed by atoms with Crippen LogP contribution in [0, 0.1) is 5.92 Å². The molecule has 12 heavy (non-hydrogen) atoms. The van der Waals surface area contributed by atoms with Crippen molar-refractivity contribution in [3.63, 3.8) is 0 Å². The summed E-state index contributed by atoms with van der Waals surface area (Å²) in [5.74, 6) is 0.607. The predicted octanol–water partition coefficient (Wildman–Crippen LogP) is 2.23. The second-order valence-corrected chi connectivity index (χ2v) is 3.66. The van der Waals surface area contributed by atoms with Crippen molar-refractivity contribution in [1.29, 1.82) is 0 Å². The van der Waals surface area contributed by atoms with Crippen molar-refractivity contribution in [3.8, 4) is 0 Å². The highest BCUT2D eigenvalue weighted by Crippen LogP contribution is 2.23. The van der Waals surface area contributed by atoms with Crippen molar-refractivity contribution in [1.82, 2.24) is 0 Å². The molecule has 0 aliphatic heterocycles. The van der Waals surface area contributed by atoms with Crippen LogP contribution in [0.5, 0.6) is 0 Å². The van der Waals surface area contributed by atoms with Gasteiger partial charge in [-0.3, -0.25) is 0 Å². The standard InChI is InChI=1S/C10H22N2/c1-5-9(6-2)10(3,11)7-8-12-4/h8-9H,5-7,11H2,1-4H3. The van der Waals surface area contributed by atoms with Crippen LogP contribution in [0.25, 0.3) is 0 Å². The van der Waals surface area contributed by atoms with Gasteiger partial charge in [0.15, 0.2) is 0 Å². The summed E-state index contributed by atoms with van der Waals surface area (Å²) in [6.45, 7) is 6.51. The molecule has 1 atom stereocenters. The zero-order chi connectivity index (χ0) is 9.61. The van der Waals surface area contributed by atoms with E-state index in [2.05, 4.69) is 25.8 Å². The molecular formula is C10H22N2. The Morgan fingerprint density at radius 3 is 2.25 bits per heavy atom. The third-order valence-corrected chi connectivity index (χ3v) is 2.63. The normalized spacial score (nSPS) is 17.2. The maximum atomic E-state index is 6.18. The SMILES string of the molecule is CCC(CC)C(C)(N)CC=NC. The Morgan fingerprint density at radius 2 is 1.92 bits per heavy atom. The van der Waals surface area contributed by atoms with Crippen LogP contribution in [0.15, 0.2) is 4.99 Å². The number of hydrogen-bond donors (Lipinski definition) is 1. The van der Waals surface area contributed by atoms with Crippen LogP contribution < -0.4 is 5.73 Å². The van der Waals surface area contributed by atoms with E-state index in [1.54, 1.807) is 7.05 Å². The summed E-state index contributed by atoms with van der Waals surface area (Å²) in [5, 5.41) is 0. The average Bonchev–Trinajstić information content (AvgIpc) is 2.03. The molecule has 2 nitrogen and oxygen atoms in total. The van der Waals surface area contributed by atoms with Gasteiger partial charge in [-0.2, -0.15) is 0 Å². The van der Waals surface area contributed by atoms with E-state index in [4.69, 9.17) is 5.73 Å². The van der Waals surface area contributed by atoms with Crippen LogP contribution in [0.1, 0.15) is 40.0 Å². The Hall–Kier alpha value is -0.370. The minimum Gasteiger partial charge on any atom is -0.325 e. The molecule has 0 aromatic rings. The van der Waals surface area contributed by atoms with Crippen molar-refractivity contribution >= 4 is 6.21 Å². The van der Waals surface area contributed by atoms with Crippen molar-refractivity contribution in [2.24, 2.45) is 16.6 Å². The van der Waals surface area contributed by atoms with Gasteiger partial charge in [-0.1, -0.05) is 26.7 Å². The van der Waals surface area contributed by atoms with Gasteiger partial charge in [-0.25, -0.2) is 0 Å². The van der Waals surface area contributed by atoms with Crippen LogP contribution in [0.3, 0.4) is 0 Å². The van der Waals surface area contributed by atoms with Crippen molar-refractivity contribution in [2.75, 3.05) is 7.05 Å². The summed E-state index contributed by atoms with van der Waals surface area (Å²) in [4.78, 5) is 3.97. The van der Waals surface area contributed by atoms with Crippen LogP contribution in [0.4, 0.5) is 0 Å². The maximum absolute atomic E-state index is 6.18. The topological polar surface area (TPSA) is 38.4 Å². The molecule has 0 heterocycles. The molecule has 0 saturated carbocycles. The number of nitrogens with two attached hydrogens (primary N) is 1. The van der Waals surface area contributed by atoms with Gasteiger partial charge < -0.3 is 10.7 Å². The van der Waals surface area contributed by atoms with Crippen molar-refractivity contribution in [2.45, 2.75) is 45.6 Å². The number of rotatable bonds is 5. The zero-order valence-corrected chi connectivity index (χ0v) is 8.80. The lowest BCUT2D eigenvalue weighted by Crippen LogP contribution is -2.44. The Balaban J connectivity index is 4.14. The Kier molecular flexibility index (Phi) is 5.14. The first-order valence-electron chi connectivity index (χ1n) is 4.78. The van der Waals surface area contributed by atoms with E-state index in [1.807, 2.05) is 6.21 Å². The van der Waals surface area contributed by atoms with Crippen molar-refractivity contribution in [3.05, 3.63) is 0 Å². The van der Waals surface area contributed by atoms with Crippen LogP contribution >= 0.6 is 0 Å². The molecule has 0 spiro atoms. The fraction of sp³-hybridized carbons (Fsp3) is 0.900. The molecule has 0 rings (SSSR count). The number of aliphatic imine (C=N–C) groups is 1. The lowest BCUT2D eigenvalue weighted by molar-refractivity contribution is 0.287. The van der Waals surface area contributed by atoms with Crippen molar-refractivity contribution < 1.29 is 0 Å². The lowest BCUT2D eigenvalue weighted by atomic mass is 9.80. The van der Waals surface area contributed by atoms with E-state index in [0.717, 1.165) is 19.3 Å². The van der Waals surface area contributed by atoms with Gasteiger partial charge in [0, 0.05) is 25.2 Å². The third-order valence-electron chi connectivity index (χ3n) is 2.63. The van der Waals surface area contributed by atoms with E-state index in [0.29, 0.717) is 5.92 Å². The first kappa shape index (κ1) is 11.6. The number of nitrogens with zero attached hydrogens (tertiary/aromatic N) is 1. The predicted molar refractivity (Wildman–Crippen MR) is 55.7 cm³/mol. The van der Waals surface area contributed by atoms with Gasteiger partial charge in [-0.05, 0) is 12.8 Å². The third kappa shape index (κ3) is 3.35. The fourth-order valence-corrected chi connectivity index (χ4v) is 1.68. The van der Waals surface area contributed by atoms with Gasteiger partial charge in [0.05, 0.1) is 0 Å². The van der Waals surface area contributed by atoms with Crippen LogP contribution in [0.2, 0.25) is 0 Å². The Morgan fingerprint density at radius 1 is 1.42 bits per heavy atom. The summed E-state index contributed by atoms with van der Waals surface area (Å²) in [6, 6.07) is 0. The molecule has 0 radical (unpaired) electrons. The molecule has 1 unspecified atom stereocenters. The van der Waals surface area contributed by atoms with Crippen LogP contribution in [-0.2, 0) is 0 Å². The summed E-state index contributed by atoms with van der Waals surface area (Å²) in [5.41, 5.74) is 6.10. The Labute approximate surface area is 76.3 Å². The summed E-state index contributed by atoms with van der Waals surface area (Å²) in [7, 11) is 1.79. The maximum Gasteiger partial charge on any atom is 0.0273 e. The minimum atomic E-state index is -0.0803. The van der Waals surface area contributed by atoms with Crippen LogP contribution in [-0.4, -0.2) is 18.8 Å². The highest BCUT2D eigenvalue weighted by Gasteiger charge is 2.25. The average molecular weight is 170 g/mol. The zero-order valence-electron chi connectivity index (χ0n) is 8.80. The highest BCUT2D eigenvalue weighted by molar-refractivity contribution is 5.58. The molecule has 2 heteroatoms. The summed E-state index contributed by atoms with van der Waals surface area (Å²) < 4.78 is 0. The fourth-order valence-electron chi connectivity index (χ4n) is 1.68. The molecule has 0 aromatic carbocycles. The summed E-state index contributed by atoms with van der Waals surface area (Å²) >= 11 is 0. The monoisotopic (exact) mass is 170 g/mol. The highest BCUT2D eigenvalue weighted by atomic mass is 14.8. The van der Waals surface area contributed by atoms with E-state index >= 15 is 0 Å². The van der Waals surface area contributed by atoms with Gasteiger partial charge in [0.2, 0.25) is 0 Å². The second-order valence-electron chi connectivity index (χ2n) is 3.66. The molecule has 0 aliphatic carbocycles. The van der Waals surface area contributed by atoms with E-state index in [-0.39, 0.29) is 5.54 Å². The van der Waals surface area contributed by atoms with Gasteiger partial charge >= 0.3 is 0 Å². The molecule has 0 amide bonds. The lowest BCUT2D eigenvalue weighted by Gasteiger charge is -2.31. The first-order valence-corrected chi connectivity index (χ1v) is 4.78. The smallest absolute Gasteiger partial charge is 0.0273 e. The molecule has 0 aliphatic rings. The van der Waals surface area contributed by atoms with Gasteiger partial charge in [-0.15, -0.1) is 0 Å². The Bertz CT molecular complexity index is 135. The quantitative estimate of drug-likeness (QED) is 0.631. The van der Waals surface area contributed by atoms with E-state index in [1.165, 1.54) is 0 Å². The van der Waals surface area contributed by atoms with E-state index < -0.39 is 0 Å². The molecule has 0 bridgehead atoms. The first-order chi connectivity index (χ1) is 5.58. The minimum absolute atomic E-state index is 0.0803. The molecule has 2 N–H and O–H groups in total. The molecule has 72 valence electrons.